The van der Waals surface area contributed by atoms with Crippen molar-refractivity contribution >= 4 is 17.9 Å². The standard InChI is InChI=1S/C51H98O6/c1-6-7-8-9-10-11-12-19-22-25-31-36-41-49(52)55-44-48(45-56-50(53)42-37-32-28-27-30-35-40-47(4)5)57-51(54)43-38-33-26-23-20-17-15-13-14-16-18-21-24-29-34-39-46(2)3/h46-48H,6-45H2,1-5H3/t48-/m0/s1. The number of hydrogen-bond acceptors (Lipinski definition) is 6. The van der Waals surface area contributed by atoms with Crippen LogP contribution in [0.3, 0.4) is 0 Å². The van der Waals surface area contributed by atoms with Gasteiger partial charge in [-0.3, -0.25) is 14.4 Å². The molecular weight excluding hydrogens is 709 g/mol. The number of carbonyl (C=O) groups excluding carboxylic acids is 3. The topological polar surface area (TPSA) is 78.9 Å². The first-order valence-electron chi connectivity index (χ1n) is 25.2. The van der Waals surface area contributed by atoms with Crippen LogP contribution < -0.4 is 0 Å². The van der Waals surface area contributed by atoms with Gasteiger partial charge >= 0.3 is 17.9 Å². The SMILES string of the molecule is CCCCCCCCCCCCCCC(=O)OC[C@@H](COC(=O)CCCCCCCCC(C)C)OC(=O)CCCCCCCCCCCCCCCCCC(C)C. The summed E-state index contributed by atoms with van der Waals surface area (Å²) in [6.07, 6.45) is 43.9. The zero-order chi connectivity index (χ0) is 41.9. The Morgan fingerprint density at radius 2 is 0.579 bits per heavy atom. The van der Waals surface area contributed by atoms with Gasteiger partial charge in [-0.05, 0) is 31.1 Å². The fourth-order valence-corrected chi connectivity index (χ4v) is 7.64. The first-order chi connectivity index (χ1) is 27.7. The van der Waals surface area contributed by atoms with Gasteiger partial charge in [0.1, 0.15) is 13.2 Å². The number of unbranched alkanes of at least 4 members (excludes halogenated alkanes) is 30. The molecule has 0 N–H and O–H groups in total. The summed E-state index contributed by atoms with van der Waals surface area (Å²) in [5.74, 6) is 0.757. The first kappa shape index (κ1) is 55.4. The maximum Gasteiger partial charge on any atom is 0.306 e. The Morgan fingerprint density at radius 3 is 0.860 bits per heavy atom. The van der Waals surface area contributed by atoms with E-state index in [9.17, 15) is 14.4 Å². The molecule has 0 heterocycles. The normalized spacial score (nSPS) is 12.1. The van der Waals surface area contributed by atoms with Crippen molar-refractivity contribution in [1.82, 2.24) is 0 Å². The maximum atomic E-state index is 12.8. The molecule has 1 atom stereocenters. The summed E-state index contributed by atoms with van der Waals surface area (Å²) in [5, 5.41) is 0. The van der Waals surface area contributed by atoms with Crippen LogP contribution in [-0.4, -0.2) is 37.2 Å². The van der Waals surface area contributed by atoms with Crippen molar-refractivity contribution in [2.75, 3.05) is 13.2 Å². The lowest BCUT2D eigenvalue weighted by atomic mass is 10.0. The lowest BCUT2D eigenvalue weighted by Gasteiger charge is -2.18. The van der Waals surface area contributed by atoms with Gasteiger partial charge in [0.25, 0.3) is 0 Å². The van der Waals surface area contributed by atoms with Crippen LogP contribution >= 0.6 is 0 Å². The smallest absolute Gasteiger partial charge is 0.306 e. The van der Waals surface area contributed by atoms with Crippen LogP contribution in [0.4, 0.5) is 0 Å². The third kappa shape index (κ3) is 45.3. The van der Waals surface area contributed by atoms with Gasteiger partial charge in [0.2, 0.25) is 0 Å². The maximum absolute atomic E-state index is 12.8. The highest BCUT2D eigenvalue weighted by Crippen LogP contribution is 2.17. The summed E-state index contributed by atoms with van der Waals surface area (Å²) in [6, 6.07) is 0. The molecule has 0 aromatic rings. The van der Waals surface area contributed by atoms with E-state index in [0.717, 1.165) is 69.6 Å². The molecular formula is C51H98O6. The second-order valence-electron chi connectivity index (χ2n) is 18.4. The zero-order valence-electron chi connectivity index (χ0n) is 39.0. The summed E-state index contributed by atoms with van der Waals surface area (Å²) >= 11 is 0. The second-order valence-corrected chi connectivity index (χ2v) is 18.4. The van der Waals surface area contributed by atoms with Crippen molar-refractivity contribution in [2.45, 2.75) is 285 Å². The first-order valence-corrected chi connectivity index (χ1v) is 25.2. The molecule has 0 aromatic heterocycles. The molecule has 57 heavy (non-hydrogen) atoms. The fraction of sp³-hybridized carbons (Fsp3) is 0.941. The van der Waals surface area contributed by atoms with Gasteiger partial charge in [-0.1, -0.05) is 240 Å². The van der Waals surface area contributed by atoms with E-state index in [1.807, 2.05) is 0 Å². The number of ether oxygens (including phenoxy) is 3. The summed E-state index contributed by atoms with van der Waals surface area (Å²) in [4.78, 5) is 37.8. The zero-order valence-corrected chi connectivity index (χ0v) is 39.0. The average Bonchev–Trinajstić information content (AvgIpc) is 3.18. The number of esters is 3. The van der Waals surface area contributed by atoms with Gasteiger partial charge in [0.15, 0.2) is 6.10 Å². The second kappa shape index (κ2) is 44.0. The third-order valence-corrected chi connectivity index (χ3v) is 11.5. The van der Waals surface area contributed by atoms with E-state index in [1.165, 1.54) is 167 Å². The molecule has 0 saturated heterocycles. The molecule has 0 fully saturated rings. The van der Waals surface area contributed by atoms with Gasteiger partial charge in [0.05, 0.1) is 0 Å². The quantitative estimate of drug-likeness (QED) is 0.0346. The van der Waals surface area contributed by atoms with Crippen molar-refractivity contribution in [2.24, 2.45) is 11.8 Å². The average molecular weight is 807 g/mol. The molecule has 0 amide bonds. The summed E-state index contributed by atoms with van der Waals surface area (Å²) in [5.41, 5.74) is 0. The Labute approximate surface area is 355 Å². The van der Waals surface area contributed by atoms with E-state index < -0.39 is 6.10 Å². The van der Waals surface area contributed by atoms with E-state index in [4.69, 9.17) is 14.2 Å². The highest BCUT2D eigenvalue weighted by atomic mass is 16.6. The monoisotopic (exact) mass is 807 g/mol. The van der Waals surface area contributed by atoms with Crippen molar-refractivity contribution in [1.29, 1.82) is 0 Å². The van der Waals surface area contributed by atoms with E-state index in [2.05, 4.69) is 34.6 Å². The van der Waals surface area contributed by atoms with Crippen molar-refractivity contribution < 1.29 is 28.6 Å². The number of hydrogen-bond donors (Lipinski definition) is 0. The van der Waals surface area contributed by atoms with Crippen LogP contribution in [0.2, 0.25) is 0 Å². The van der Waals surface area contributed by atoms with Crippen LogP contribution in [0.1, 0.15) is 279 Å². The van der Waals surface area contributed by atoms with E-state index in [0.29, 0.717) is 19.3 Å². The Kier molecular flexibility index (Phi) is 42.7. The van der Waals surface area contributed by atoms with Gasteiger partial charge in [-0.2, -0.15) is 0 Å². The molecule has 0 aromatic carbocycles. The molecule has 0 radical (unpaired) electrons. The lowest BCUT2D eigenvalue weighted by Crippen LogP contribution is -2.30. The number of carbonyl (C=O) groups is 3. The minimum absolute atomic E-state index is 0.0646. The number of rotatable bonds is 45. The molecule has 6 nitrogen and oxygen atoms in total. The van der Waals surface area contributed by atoms with Crippen molar-refractivity contribution in [3.63, 3.8) is 0 Å². The Hall–Kier alpha value is -1.59. The Balaban J connectivity index is 4.25. The summed E-state index contributed by atoms with van der Waals surface area (Å²) in [7, 11) is 0. The van der Waals surface area contributed by atoms with Gasteiger partial charge in [0, 0.05) is 19.3 Å². The van der Waals surface area contributed by atoms with Gasteiger partial charge < -0.3 is 14.2 Å². The molecule has 6 heteroatoms. The molecule has 0 rings (SSSR count). The van der Waals surface area contributed by atoms with E-state index in [1.54, 1.807) is 0 Å². The molecule has 0 bridgehead atoms. The molecule has 0 spiro atoms. The molecule has 0 aliphatic heterocycles. The molecule has 338 valence electrons. The Bertz CT molecular complexity index is 870. The van der Waals surface area contributed by atoms with Crippen LogP contribution in [-0.2, 0) is 28.6 Å². The molecule has 0 aliphatic rings. The lowest BCUT2D eigenvalue weighted by molar-refractivity contribution is -0.167. The predicted molar refractivity (Wildman–Crippen MR) is 243 cm³/mol. The van der Waals surface area contributed by atoms with Crippen LogP contribution in [0.15, 0.2) is 0 Å². The summed E-state index contributed by atoms with van der Waals surface area (Å²) in [6.45, 7) is 11.3. The van der Waals surface area contributed by atoms with E-state index in [-0.39, 0.29) is 31.1 Å². The molecule has 0 aliphatic carbocycles. The van der Waals surface area contributed by atoms with Crippen LogP contribution in [0.5, 0.6) is 0 Å². The Morgan fingerprint density at radius 1 is 0.333 bits per heavy atom. The van der Waals surface area contributed by atoms with Crippen molar-refractivity contribution in [3.05, 3.63) is 0 Å². The predicted octanol–water partition coefficient (Wildman–Crippen LogP) is 16.1. The highest BCUT2D eigenvalue weighted by Gasteiger charge is 2.19. The molecule has 0 unspecified atom stereocenters. The third-order valence-electron chi connectivity index (χ3n) is 11.5. The fourth-order valence-electron chi connectivity index (χ4n) is 7.64. The van der Waals surface area contributed by atoms with E-state index >= 15 is 0 Å². The van der Waals surface area contributed by atoms with Crippen LogP contribution in [0.25, 0.3) is 0 Å². The largest absolute Gasteiger partial charge is 0.462 e. The minimum atomic E-state index is -0.761. The molecule has 0 saturated carbocycles. The van der Waals surface area contributed by atoms with Crippen molar-refractivity contribution in [3.8, 4) is 0 Å². The highest BCUT2D eigenvalue weighted by molar-refractivity contribution is 5.71. The summed E-state index contributed by atoms with van der Waals surface area (Å²) < 4.78 is 16.8. The minimum Gasteiger partial charge on any atom is -0.462 e. The van der Waals surface area contributed by atoms with Gasteiger partial charge in [-0.15, -0.1) is 0 Å². The van der Waals surface area contributed by atoms with Crippen LogP contribution in [0, 0.1) is 11.8 Å². The van der Waals surface area contributed by atoms with Gasteiger partial charge in [-0.25, -0.2) is 0 Å².